The second-order valence-electron chi connectivity index (χ2n) is 4.88. The molecule has 3 heteroatoms. The van der Waals surface area contributed by atoms with Crippen molar-refractivity contribution in [3.8, 4) is 5.75 Å². The molecule has 1 aliphatic rings. The largest absolute Gasteiger partial charge is 0.491 e. The van der Waals surface area contributed by atoms with Crippen molar-refractivity contribution < 1.29 is 4.74 Å². The zero-order valence-electron chi connectivity index (χ0n) is 10.8. The maximum Gasteiger partial charge on any atom is 0.124 e. The van der Waals surface area contributed by atoms with Crippen LogP contribution in [0.1, 0.15) is 22.7 Å². The molecule has 1 aliphatic heterocycles. The van der Waals surface area contributed by atoms with Gasteiger partial charge in [-0.15, -0.1) is 0 Å². The summed E-state index contributed by atoms with van der Waals surface area (Å²) >= 11 is 3.62. The van der Waals surface area contributed by atoms with Crippen molar-refractivity contribution in [1.82, 2.24) is 5.32 Å². The monoisotopic (exact) mass is 317 g/mol. The summed E-state index contributed by atoms with van der Waals surface area (Å²) in [5.74, 6) is 1.00. The number of para-hydroxylation sites is 1. The Bertz CT molecular complexity index is 597. The number of halogens is 1. The van der Waals surface area contributed by atoms with E-state index in [2.05, 4.69) is 58.5 Å². The summed E-state index contributed by atoms with van der Waals surface area (Å²) < 4.78 is 6.83. The van der Waals surface area contributed by atoms with Crippen LogP contribution < -0.4 is 10.1 Å². The summed E-state index contributed by atoms with van der Waals surface area (Å²) in [6.45, 7) is 3.65. The van der Waals surface area contributed by atoms with E-state index < -0.39 is 0 Å². The number of aryl methyl sites for hydroxylation is 1. The Balaban J connectivity index is 1.71. The molecule has 0 bridgehead atoms. The third kappa shape index (κ3) is 2.67. The van der Waals surface area contributed by atoms with E-state index in [0.717, 1.165) is 16.8 Å². The number of nitrogens with one attached hydrogen (secondary N) is 1. The van der Waals surface area contributed by atoms with Crippen LogP contribution in [0.3, 0.4) is 0 Å². The number of rotatable bonds is 3. The van der Waals surface area contributed by atoms with Gasteiger partial charge in [-0.25, -0.2) is 0 Å². The molecular weight excluding hydrogens is 302 g/mol. The number of benzene rings is 2. The van der Waals surface area contributed by atoms with Crippen molar-refractivity contribution in [2.45, 2.75) is 19.5 Å². The molecule has 0 saturated heterocycles. The van der Waals surface area contributed by atoms with E-state index in [9.17, 15) is 0 Å². The molecule has 0 saturated carbocycles. The Morgan fingerprint density at radius 3 is 2.95 bits per heavy atom. The first kappa shape index (κ1) is 12.7. The fourth-order valence-electron chi connectivity index (χ4n) is 2.36. The molecule has 0 fully saturated rings. The number of hydrogen-bond acceptors (Lipinski definition) is 2. The minimum atomic E-state index is 0.282. The van der Waals surface area contributed by atoms with Gasteiger partial charge < -0.3 is 10.1 Å². The molecule has 19 heavy (non-hydrogen) atoms. The summed E-state index contributed by atoms with van der Waals surface area (Å²) in [4.78, 5) is 0. The lowest BCUT2D eigenvalue weighted by atomic mass is 10.1. The van der Waals surface area contributed by atoms with Crippen LogP contribution in [0.4, 0.5) is 0 Å². The highest BCUT2D eigenvalue weighted by atomic mass is 79.9. The van der Waals surface area contributed by atoms with Gasteiger partial charge in [-0.3, -0.25) is 0 Å². The molecule has 0 amide bonds. The van der Waals surface area contributed by atoms with Gasteiger partial charge in [-0.2, -0.15) is 0 Å². The molecule has 2 nitrogen and oxygen atoms in total. The first-order chi connectivity index (χ1) is 9.24. The van der Waals surface area contributed by atoms with Gasteiger partial charge in [-0.1, -0.05) is 46.3 Å². The second-order valence-corrected chi connectivity index (χ2v) is 5.73. The highest BCUT2D eigenvalue weighted by Crippen LogP contribution is 2.32. The molecule has 2 aromatic rings. The van der Waals surface area contributed by atoms with Crippen molar-refractivity contribution in [1.29, 1.82) is 0 Å². The predicted molar refractivity (Wildman–Crippen MR) is 80.4 cm³/mol. The summed E-state index contributed by atoms with van der Waals surface area (Å²) in [6, 6.07) is 15.0. The minimum Gasteiger partial charge on any atom is -0.491 e. The first-order valence-electron chi connectivity index (χ1n) is 6.44. The Morgan fingerprint density at radius 2 is 2.11 bits per heavy atom. The summed E-state index contributed by atoms with van der Waals surface area (Å²) in [5, 5.41) is 3.56. The van der Waals surface area contributed by atoms with Gasteiger partial charge in [-0.05, 0) is 30.2 Å². The van der Waals surface area contributed by atoms with Crippen LogP contribution in [0.5, 0.6) is 5.75 Å². The van der Waals surface area contributed by atoms with Crippen molar-refractivity contribution >= 4 is 15.9 Å². The smallest absolute Gasteiger partial charge is 0.124 e. The summed E-state index contributed by atoms with van der Waals surface area (Å²) in [5.41, 5.74) is 3.80. The van der Waals surface area contributed by atoms with E-state index in [0.29, 0.717) is 6.61 Å². The summed E-state index contributed by atoms with van der Waals surface area (Å²) in [7, 11) is 0. The van der Waals surface area contributed by atoms with Crippen molar-refractivity contribution in [3.05, 3.63) is 63.6 Å². The molecule has 1 N–H and O–H groups in total. The highest BCUT2D eigenvalue weighted by Gasteiger charge is 2.22. The van der Waals surface area contributed by atoms with E-state index in [-0.39, 0.29) is 6.04 Å². The van der Waals surface area contributed by atoms with Gasteiger partial charge >= 0.3 is 0 Å². The van der Waals surface area contributed by atoms with Crippen LogP contribution in [-0.2, 0) is 6.54 Å². The van der Waals surface area contributed by atoms with Gasteiger partial charge in [0.2, 0.25) is 0 Å². The number of hydrogen-bond donors (Lipinski definition) is 1. The van der Waals surface area contributed by atoms with Crippen molar-refractivity contribution in [2.75, 3.05) is 6.61 Å². The molecule has 98 valence electrons. The molecule has 2 aromatic carbocycles. The predicted octanol–water partition coefficient (Wildman–Crippen LogP) is 3.98. The van der Waals surface area contributed by atoms with E-state index in [1.54, 1.807) is 0 Å². The van der Waals surface area contributed by atoms with Crippen LogP contribution >= 0.6 is 15.9 Å². The van der Waals surface area contributed by atoms with E-state index in [1.165, 1.54) is 16.7 Å². The molecule has 3 rings (SSSR count). The standard InChI is InChI=1S/C16H16BrNO/c1-11-6-7-12(14(17)8-11)9-18-15-10-19-16-5-3-2-4-13(15)16/h2-8,15,18H,9-10H2,1H3. The first-order valence-corrected chi connectivity index (χ1v) is 7.23. The summed E-state index contributed by atoms with van der Waals surface area (Å²) in [6.07, 6.45) is 0. The van der Waals surface area contributed by atoms with Crippen LogP contribution in [0, 0.1) is 6.92 Å². The Labute approximate surface area is 121 Å². The normalized spacial score (nSPS) is 17.1. The molecule has 0 aliphatic carbocycles. The zero-order valence-corrected chi connectivity index (χ0v) is 12.4. The fraction of sp³-hybridized carbons (Fsp3) is 0.250. The molecule has 0 spiro atoms. The average Bonchev–Trinajstić information content (AvgIpc) is 2.81. The third-order valence-electron chi connectivity index (χ3n) is 3.45. The maximum absolute atomic E-state index is 5.67. The lowest BCUT2D eigenvalue weighted by Crippen LogP contribution is -2.22. The van der Waals surface area contributed by atoms with Gasteiger partial charge in [0.25, 0.3) is 0 Å². The average molecular weight is 318 g/mol. The lowest BCUT2D eigenvalue weighted by molar-refractivity contribution is 0.310. The topological polar surface area (TPSA) is 21.3 Å². The van der Waals surface area contributed by atoms with Crippen LogP contribution in [0.25, 0.3) is 0 Å². The van der Waals surface area contributed by atoms with E-state index in [4.69, 9.17) is 4.74 Å². The quantitative estimate of drug-likeness (QED) is 0.924. The fourth-order valence-corrected chi connectivity index (χ4v) is 2.99. The molecule has 1 atom stereocenters. The number of ether oxygens (including phenoxy) is 1. The van der Waals surface area contributed by atoms with Gasteiger partial charge in [0.05, 0.1) is 6.04 Å². The second kappa shape index (κ2) is 5.35. The van der Waals surface area contributed by atoms with Gasteiger partial charge in [0.1, 0.15) is 12.4 Å². The molecule has 1 heterocycles. The van der Waals surface area contributed by atoms with Crippen LogP contribution in [0.2, 0.25) is 0 Å². The Morgan fingerprint density at radius 1 is 1.26 bits per heavy atom. The SMILES string of the molecule is Cc1ccc(CNC2COc3ccccc32)c(Br)c1. The van der Waals surface area contributed by atoms with Gasteiger partial charge in [0.15, 0.2) is 0 Å². The third-order valence-corrected chi connectivity index (χ3v) is 4.19. The van der Waals surface area contributed by atoms with Crippen molar-refractivity contribution in [3.63, 3.8) is 0 Å². The minimum absolute atomic E-state index is 0.282. The number of fused-ring (bicyclic) bond motifs is 1. The zero-order chi connectivity index (χ0) is 13.2. The maximum atomic E-state index is 5.67. The molecule has 0 radical (unpaired) electrons. The molecular formula is C16H16BrNO. The van der Waals surface area contributed by atoms with Crippen molar-refractivity contribution in [2.24, 2.45) is 0 Å². The van der Waals surface area contributed by atoms with Crippen LogP contribution in [0.15, 0.2) is 46.9 Å². The Kier molecular flexibility index (Phi) is 3.58. The Hall–Kier alpha value is -1.32. The molecule has 1 unspecified atom stereocenters. The lowest BCUT2D eigenvalue weighted by Gasteiger charge is -2.13. The van der Waals surface area contributed by atoms with E-state index >= 15 is 0 Å². The van der Waals surface area contributed by atoms with Crippen LogP contribution in [-0.4, -0.2) is 6.61 Å². The van der Waals surface area contributed by atoms with E-state index in [1.807, 2.05) is 12.1 Å². The van der Waals surface area contributed by atoms with Gasteiger partial charge in [0, 0.05) is 16.6 Å². The highest BCUT2D eigenvalue weighted by molar-refractivity contribution is 9.10. The molecule has 0 aromatic heterocycles.